The molecule has 0 aliphatic carbocycles. The molecule has 1 amide bonds. The highest BCUT2D eigenvalue weighted by Crippen LogP contribution is 2.32. The number of nitrogens with one attached hydrogen (secondary N) is 1. The van der Waals surface area contributed by atoms with Gasteiger partial charge in [0, 0.05) is 38.5 Å². The number of allylic oxidation sites excluding steroid dienone is 3. The molecule has 11 nitrogen and oxygen atoms in total. The molecule has 294 valence electrons. The molecule has 3 heterocycles. The number of esters is 1. The van der Waals surface area contributed by atoms with Crippen LogP contribution in [0.5, 0.6) is 0 Å². The van der Waals surface area contributed by atoms with Gasteiger partial charge >= 0.3 is 12.1 Å². The number of alkyl carbamates (subject to hydrolysis) is 1. The van der Waals surface area contributed by atoms with E-state index in [-0.39, 0.29) is 44.1 Å². The largest absolute Gasteiger partial charge is 0.457 e. The monoisotopic (exact) mass is 723 g/mol. The van der Waals surface area contributed by atoms with Crippen molar-refractivity contribution >= 4 is 12.1 Å². The van der Waals surface area contributed by atoms with E-state index in [9.17, 15) is 24.9 Å². The van der Waals surface area contributed by atoms with E-state index in [1.165, 1.54) is 12.8 Å². The Morgan fingerprint density at radius 2 is 1.88 bits per heavy atom. The number of rotatable bonds is 14. The summed E-state index contributed by atoms with van der Waals surface area (Å²) in [5, 5.41) is 33.8. The Morgan fingerprint density at radius 3 is 2.49 bits per heavy atom. The summed E-state index contributed by atoms with van der Waals surface area (Å²) < 4.78 is 22.2. The number of aliphatic hydroxyl groups is 3. The molecule has 10 atom stereocenters. The van der Waals surface area contributed by atoms with Crippen LogP contribution in [0, 0.1) is 17.8 Å². The summed E-state index contributed by atoms with van der Waals surface area (Å²) in [4.78, 5) is 27.7. The summed E-state index contributed by atoms with van der Waals surface area (Å²) >= 11 is 0. The maximum atomic E-state index is 12.7. The number of ether oxygens (including phenoxy) is 4. The maximum Gasteiger partial charge on any atom is 0.407 e. The molecular formula is C40H70N2O9. The molecule has 4 N–H and O–H groups in total. The first kappa shape index (κ1) is 44.9. The number of epoxide rings is 1. The minimum absolute atomic E-state index is 0.0626. The zero-order chi connectivity index (χ0) is 38.0. The first-order valence-electron chi connectivity index (χ1n) is 19.3. The Bertz CT molecular complexity index is 1100. The lowest BCUT2D eigenvalue weighted by molar-refractivity contribution is -0.149. The van der Waals surface area contributed by atoms with Gasteiger partial charge in [-0.1, -0.05) is 52.0 Å². The average molecular weight is 723 g/mol. The highest BCUT2D eigenvalue weighted by molar-refractivity contribution is 5.70. The molecule has 3 rings (SSSR count). The van der Waals surface area contributed by atoms with Crippen LogP contribution in [0.25, 0.3) is 0 Å². The highest BCUT2D eigenvalue weighted by Gasteiger charge is 2.42. The molecule has 0 saturated carbocycles. The number of hydrogen-bond acceptors (Lipinski definition) is 10. The van der Waals surface area contributed by atoms with Crippen molar-refractivity contribution in [2.45, 2.75) is 148 Å². The van der Waals surface area contributed by atoms with Crippen LogP contribution in [0.1, 0.15) is 106 Å². The second-order valence-corrected chi connectivity index (χ2v) is 15.1. The molecule has 2 saturated heterocycles. The van der Waals surface area contributed by atoms with Gasteiger partial charge in [0.05, 0.1) is 24.4 Å². The predicted molar refractivity (Wildman–Crippen MR) is 200 cm³/mol. The van der Waals surface area contributed by atoms with Gasteiger partial charge in [0.15, 0.2) is 6.10 Å². The number of carbonyl (C=O) groups excluding carboxylic acids is 2. The summed E-state index contributed by atoms with van der Waals surface area (Å²) in [5.74, 6) is 0.0245. The van der Waals surface area contributed by atoms with Gasteiger partial charge in [-0.3, -0.25) is 4.79 Å². The van der Waals surface area contributed by atoms with E-state index in [0.29, 0.717) is 30.8 Å². The summed E-state index contributed by atoms with van der Waals surface area (Å²) in [5.41, 5.74) is -0.594. The average Bonchev–Trinajstić information content (AvgIpc) is 3.60. The van der Waals surface area contributed by atoms with E-state index < -0.39 is 36.0 Å². The van der Waals surface area contributed by atoms with Crippen molar-refractivity contribution in [3.8, 4) is 0 Å². The third-order valence-corrected chi connectivity index (χ3v) is 10.3. The van der Waals surface area contributed by atoms with E-state index in [1.807, 2.05) is 39.0 Å². The Hall–Kier alpha value is -2.28. The van der Waals surface area contributed by atoms with Gasteiger partial charge in [-0.05, 0) is 109 Å². The number of cyclic esters (lactones) is 1. The number of carbonyl (C=O) groups is 2. The smallest absolute Gasteiger partial charge is 0.407 e. The standard InChI is InChI=1S/C31H52N2O7.C9H18O2/c1-23(22-34)10-5-6-11-24(2)29-25(3)12-14-27(31(4,38)17-16-26(35)13-15-28(36)40-29)39-30(37)32-18-9-21-33-19-7-8-20-33;1-5-8(10-4)6(2)9-7(3)11-9/h5-6,11-12,14,23,25-27,29,34-35,38H,7-10,13,15-22H2,1-4H3,(H,32,37);6-9H,5H2,1-4H3/b6-5+,14-12+,24-11+;. The number of nitrogens with zero attached hydrogens (tertiary/aromatic N) is 1. The van der Waals surface area contributed by atoms with Crippen LogP contribution < -0.4 is 5.32 Å². The Balaban J connectivity index is 0.000000694. The predicted octanol–water partition coefficient (Wildman–Crippen LogP) is 5.71. The van der Waals surface area contributed by atoms with Crippen LogP contribution >= 0.6 is 0 Å². The fraction of sp³-hybridized carbons (Fsp3) is 0.800. The quantitative estimate of drug-likeness (QED) is 0.0577. The molecule has 0 aromatic heterocycles. The van der Waals surface area contributed by atoms with Crippen LogP contribution in [0.3, 0.4) is 0 Å². The molecular weight excluding hydrogens is 652 g/mol. The molecule has 0 aromatic rings. The second kappa shape index (κ2) is 23.4. The molecule has 0 aromatic carbocycles. The number of methoxy groups -OCH3 is 1. The lowest BCUT2D eigenvalue weighted by atomic mass is 9.89. The number of likely N-dealkylation sites (tertiary alicyclic amines) is 1. The van der Waals surface area contributed by atoms with Gasteiger partial charge < -0.3 is 44.5 Å². The van der Waals surface area contributed by atoms with Crippen LogP contribution in [-0.4, -0.2) is 114 Å². The zero-order valence-corrected chi connectivity index (χ0v) is 32.7. The number of amides is 1. The van der Waals surface area contributed by atoms with E-state index in [0.717, 1.165) is 44.5 Å². The van der Waals surface area contributed by atoms with Crippen molar-refractivity contribution in [2.24, 2.45) is 17.8 Å². The molecule has 51 heavy (non-hydrogen) atoms. The van der Waals surface area contributed by atoms with Crippen LogP contribution in [0.2, 0.25) is 0 Å². The van der Waals surface area contributed by atoms with Crippen molar-refractivity contribution in [2.75, 3.05) is 39.9 Å². The van der Waals surface area contributed by atoms with E-state index in [4.69, 9.17) is 18.9 Å². The SMILES string of the molecule is C/C(=C\C=C\CC(C)CO)C1OC(=O)CCC(O)CCC(C)(O)C(OC(=O)NCCCN2CCCC2)/C=C/C1C.CCC(OC)C(C)C1OC1C. The molecule has 0 radical (unpaired) electrons. The van der Waals surface area contributed by atoms with Gasteiger partial charge in [0.1, 0.15) is 11.7 Å². The molecule has 0 spiro atoms. The van der Waals surface area contributed by atoms with E-state index in [1.54, 1.807) is 26.2 Å². The molecule has 2 fully saturated rings. The Kier molecular flexibility index (Phi) is 20.6. The molecule has 3 aliphatic rings. The Morgan fingerprint density at radius 1 is 1.20 bits per heavy atom. The van der Waals surface area contributed by atoms with Crippen molar-refractivity contribution in [1.29, 1.82) is 0 Å². The minimum atomic E-state index is -1.42. The lowest BCUT2D eigenvalue weighted by Crippen LogP contribution is -2.44. The molecule has 11 heteroatoms. The third-order valence-electron chi connectivity index (χ3n) is 10.3. The van der Waals surface area contributed by atoms with Crippen molar-refractivity contribution in [3.63, 3.8) is 0 Å². The second-order valence-electron chi connectivity index (χ2n) is 15.1. The third kappa shape index (κ3) is 16.9. The zero-order valence-electron chi connectivity index (χ0n) is 32.7. The fourth-order valence-corrected chi connectivity index (χ4v) is 6.67. The summed E-state index contributed by atoms with van der Waals surface area (Å²) in [7, 11) is 1.78. The van der Waals surface area contributed by atoms with Crippen LogP contribution in [0.4, 0.5) is 4.79 Å². The first-order chi connectivity index (χ1) is 24.2. The van der Waals surface area contributed by atoms with Crippen LogP contribution in [0.15, 0.2) is 36.0 Å². The van der Waals surface area contributed by atoms with Crippen molar-refractivity contribution < 1.29 is 43.9 Å². The normalized spacial score (nSPS) is 31.9. The lowest BCUT2D eigenvalue weighted by Gasteiger charge is -2.31. The van der Waals surface area contributed by atoms with Gasteiger partial charge in [-0.25, -0.2) is 4.79 Å². The van der Waals surface area contributed by atoms with Gasteiger partial charge in [-0.15, -0.1) is 0 Å². The van der Waals surface area contributed by atoms with Crippen molar-refractivity contribution in [1.82, 2.24) is 10.2 Å². The van der Waals surface area contributed by atoms with Gasteiger partial charge in [0.2, 0.25) is 0 Å². The number of hydrogen-bond donors (Lipinski definition) is 4. The van der Waals surface area contributed by atoms with E-state index in [2.05, 4.69) is 31.0 Å². The fourth-order valence-electron chi connectivity index (χ4n) is 6.67. The molecule has 0 bridgehead atoms. The molecule has 10 unspecified atom stereocenters. The molecule has 3 aliphatic heterocycles. The van der Waals surface area contributed by atoms with Crippen molar-refractivity contribution in [3.05, 3.63) is 36.0 Å². The highest BCUT2D eigenvalue weighted by atomic mass is 16.6. The minimum Gasteiger partial charge on any atom is -0.457 e. The van der Waals surface area contributed by atoms with Gasteiger partial charge in [-0.2, -0.15) is 0 Å². The first-order valence-corrected chi connectivity index (χ1v) is 19.3. The number of aliphatic hydroxyl groups excluding tert-OH is 2. The summed E-state index contributed by atoms with van der Waals surface area (Å²) in [6.45, 7) is 17.6. The van der Waals surface area contributed by atoms with E-state index >= 15 is 0 Å². The maximum absolute atomic E-state index is 12.7. The topological polar surface area (TPSA) is 150 Å². The van der Waals surface area contributed by atoms with Gasteiger partial charge in [0.25, 0.3) is 0 Å². The summed E-state index contributed by atoms with van der Waals surface area (Å²) in [6.07, 6.45) is 13.3. The Labute approximate surface area is 307 Å². The van der Waals surface area contributed by atoms with Crippen LogP contribution in [-0.2, 0) is 23.7 Å². The summed E-state index contributed by atoms with van der Waals surface area (Å²) in [6, 6.07) is 0.